The number of benzene rings is 1. The lowest BCUT2D eigenvalue weighted by Crippen LogP contribution is -2.47. The third-order valence-corrected chi connectivity index (χ3v) is 2.85. The number of anilines is 1. The lowest BCUT2D eigenvalue weighted by Gasteiger charge is -2.16. The zero-order chi connectivity index (χ0) is 15.1. The van der Waals surface area contributed by atoms with Crippen LogP contribution in [-0.2, 0) is 11.2 Å². The highest BCUT2D eigenvalue weighted by Crippen LogP contribution is 2.05. The Morgan fingerprint density at radius 1 is 1.14 bits per heavy atom. The van der Waals surface area contributed by atoms with Crippen LogP contribution in [0.1, 0.15) is 5.56 Å². The summed E-state index contributed by atoms with van der Waals surface area (Å²) in [5.41, 5.74) is 6.79. The third-order valence-electron chi connectivity index (χ3n) is 2.85. The molecule has 0 aliphatic carbocycles. The zero-order valence-electron chi connectivity index (χ0n) is 11.3. The molecule has 2 aromatic rings. The molecule has 1 heterocycles. The fraction of sp³-hybridized carbons (Fsp3) is 0.133. The Balaban J connectivity index is 1.96. The van der Waals surface area contributed by atoms with E-state index in [0.717, 1.165) is 5.56 Å². The fourth-order valence-electron chi connectivity index (χ4n) is 1.83. The minimum Gasteiger partial charge on any atom is -0.368 e. The van der Waals surface area contributed by atoms with Crippen LogP contribution >= 0.6 is 0 Å². The van der Waals surface area contributed by atoms with Gasteiger partial charge in [0.15, 0.2) is 0 Å². The first-order valence-electron chi connectivity index (χ1n) is 6.46. The average Bonchev–Trinajstić information content (AvgIpc) is 2.48. The van der Waals surface area contributed by atoms with Crippen molar-refractivity contribution in [2.24, 2.45) is 5.73 Å². The van der Waals surface area contributed by atoms with Crippen LogP contribution in [0, 0.1) is 0 Å². The summed E-state index contributed by atoms with van der Waals surface area (Å²) in [6.45, 7) is 0. The molecule has 0 aliphatic heterocycles. The van der Waals surface area contributed by atoms with Crippen LogP contribution in [0.3, 0.4) is 0 Å². The highest BCUT2D eigenvalue weighted by molar-refractivity contribution is 5.93. The molecule has 108 valence electrons. The Morgan fingerprint density at radius 2 is 1.90 bits per heavy atom. The topological polar surface area (TPSA) is 97.1 Å². The summed E-state index contributed by atoms with van der Waals surface area (Å²) in [7, 11) is 0. The lowest BCUT2D eigenvalue weighted by atomic mass is 10.1. The van der Waals surface area contributed by atoms with Crippen molar-refractivity contribution in [2.45, 2.75) is 12.5 Å². The summed E-state index contributed by atoms with van der Waals surface area (Å²) in [6, 6.07) is 11.5. The highest BCUT2D eigenvalue weighted by atomic mass is 16.2. The van der Waals surface area contributed by atoms with Gasteiger partial charge in [0.05, 0.1) is 11.9 Å². The molecule has 0 radical (unpaired) electrons. The van der Waals surface area contributed by atoms with E-state index in [1.54, 1.807) is 18.3 Å². The monoisotopic (exact) mass is 284 g/mol. The predicted octanol–water partition coefficient (Wildman–Crippen LogP) is 1.30. The van der Waals surface area contributed by atoms with Gasteiger partial charge >= 0.3 is 6.03 Å². The van der Waals surface area contributed by atoms with Crippen molar-refractivity contribution in [3.8, 4) is 0 Å². The number of primary amides is 1. The first kappa shape index (κ1) is 14.5. The fourth-order valence-corrected chi connectivity index (χ4v) is 1.83. The van der Waals surface area contributed by atoms with Crippen LogP contribution in [0.2, 0.25) is 0 Å². The van der Waals surface area contributed by atoms with Crippen LogP contribution < -0.4 is 16.4 Å². The molecule has 0 saturated carbocycles. The Labute approximate surface area is 122 Å². The first-order chi connectivity index (χ1) is 10.1. The van der Waals surface area contributed by atoms with E-state index >= 15 is 0 Å². The van der Waals surface area contributed by atoms with E-state index < -0.39 is 18.0 Å². The number of carbonyl (C=O) groups excluding carboxylic acids is 2. The molecule has 1 atom stereocenters. The van der Waals surface area contributed by atoms with Crippen molar-refractivity contribution in [1.29, 1.82) is 0 Å². The maximum absolute atomic E-state index is 11.9. The molecule has 21 heavy (non-hydrogen) atoms. The number of urea groups is 1. The molecule has 1 aromatic heterocycles. The van der Waals surface area contributed by atoms with Crippen molar-refractivity contribution >= 4 is 17.6 Å². The van der Waals surface area contributed by atoms with Crippen molar-refractivity contribution in [3.63, 3.8) is 0 Å². The van der Waals surface area contributed by atoms with Gasteiger partial charge in [0.2, 0.25) is 5.91 Å². The number of pyridine rings is 1. The largest absolute Gasteiger partial charge is 0.368 e. The molecule has 3 amide bonds. The molecule has 6 nitrogen and oxygen atoms in total. The van der Waals surface area contributed by atoms with E-state index in [1.165, 1.54) is 6.20 Å². The van der Waals surface area contributed by atoms with E-state index in [1.807, 2.05) is 30.3 Å². The van der Waals surface area contributed by atoms with Gasteiger partial charge in [-0.25, -0.2) is 4.79 Å². The number of nitrogens with two attached hydrogens (primary N) is 1. The molecular weight excluding hydrogens is 268 g/mol. The van der Waals surface area contributed by atoms with Crippen molar-refractivity contribution < 1.29 is 9.59 Å². The molecule has 0 saturated heterocycles. The molecular formula is C15H16N4O2. The van der Waals surface area contributed by atoms with Crippen LogP contribution in [0.5, 0.6) is 0 Å². The van der Waals surface area contributed by atoms with Gasteiger partial charge in [-0.3, -0.25) is 9.78 Å². The van der Waals surface area contributed by atoms with E-state index in [4.69, 9.17) is 5.73 Å². The number of nitrogens with one attached hydrogen (secondary N) is 2. The number of hydrogen-bond donors (Lipinski definition) is 3. The van der Waals surface area contributed by atoms with E-state index in [2.05, 4.69) is 15.6 Å². The van der Waals surface area contributed by atoms with E-state index in [9.17, 15) is 9.59 Å². The number of rotatable bonds is 5. The summed E-state index contributed by atoms with van der Waals surface area (Å²) in [4.78, 5) is 27.2. The lowest BCUT2D eigenvalue weighted by molar-refractivity contribution is -0.119. The third kappa shape index (κ3) is 4.61. The van der Waals surface area contributed by atoms with Gasteiger partial charge in [-0.15, -0.1) is 0 Å². The molecule has 1 aromatic carbocycles. The standard InChI is InChI=1S/C15H16N4O2/c16-14(20)13(9-11-5-2-1-3-6-11)19-15(21)18-12-7-4-8-17-10-12/h1-8,10,13H,9H2,(H2,16,20)(H2,18,19,21). The second kappa shape index (κ2) is 7.04. The van der Waals surface area contributed by atoms with E-state index in [-0.39, 0.29) is 0 Å². The molecule has 6 heteroatoms. The molecule has 4 N–H and O–H groups in total. The van der Waals surface area contributed by atoms with Crippen LogP contribution in [0.15, 0.2) is 54.9 Å². The quantitative estimate of drug-likeness (QED) is 0.772. The summed E-state index contributed by atoms with van der Waals surface area (Å²) in [5.74, 6) is -0.583. The predicted molar refractivity (Wildman–Crippen MR) is 79.5 cm³/mol. The summed E-state index contributed by atoms with van der Waals surface area (Å²) < 4.78 is 0. The summed E-state index contributed by atoms with van der Waals surface area (Å²) >= 11 is 0. The minimum atomic E-state index is -0.774. The number of nitrogens with zero attached hydrogens (tertiary/aromatic N) is 1. The van der Waals surface area contributed by atoms with Gasteiger partial charge in [0.25, 0.3) is 0 Å². The zero-order valence-corrected chi connectivity index (χ0v) is 11.3. The van der Waals surface area contributed by atoms with Gasteiger partial charge < -0.3 is 16.4 Å². The summed E-state index contributed by atoms with van der Waals surface area (Å²) in [6.07, 6.45) is 3.46. The maximum Gasteiger partial charge on any atom is 0.319 e. The van der Waals surface area contributed by atoms with Crippen molar-refractivity contribution in [3.05, 3.63) is 60.4 Å². The molecule has 1 unspecified atom stereocenters. The smallest absolute Gasteiger partial charge is 0.319 e. The molecule has 0 fully saturated rings. The second-order valence-electron chi connectivity index (χ2n) is 4.48. The Kier molecular flexibility index (Phi) is 4.87. The van der Waals surface area contributed by atoms with Gasteiger partial charge in [-0.1, -0.05) is 30.3 Å². The Morgan fingerprint density at radius 3 is 2.52 bits per heavy atom. The van der Waals surface area contributed by atoms with Crippen molar-refractivity contribution in [1.82, 2.24) is 10.3 Å². The van der Waals surface area contributed by atoms with Crippen LogP contribution in [0.4, 0.5) is 10.5 Å². The van der Waals surface area contributed by atoms with Gasteiger partial charge in [0.1, 0.15) is 6.04 Å². The van der Waals surface area contributed by atoms with Gasteiger partial charge in [-0.2, -0.15) is 0 Å². The minimum absolute atomic E-state index is 0.344. The normalized spacial score (nSPS) is 11.4. The van der Waals surface area contributed by atoms with Gasteiger partial charge in [-0.05, 0) is 17.7 Å². The SMILES string of the molecule is NC(=O)C(Cc1ccccc1)NC(=O)Nc1cccnc1. The molecule has 2 rings (SSSR count). The molecule has 0 bridgehead atoms. The first-order valence-corrected chi connectivity index (χ1v) is 6.46. The number of aromatic nitrogens is 1. The Hall–Kier alpha value is -2.89. The van der Waals surface area contributed by atoms with E-state index in [0.29, 0.717) is 12.1 Å². The number of amides is 3. The Bertz CT molecular complexity index is 602. The second-order valence-corrected chi connectivity index (χ2v) is 4.48. The van der Waals surface area contributed by atoms with Crippen LogP contribution in [-0.4, -0.2) is 23.0 Å². The number of carbonyl (C=O) groups is 2. The average molecular weight is 284 g/mol. The van der Waals surface area contributed by atoms with Crippen molar-refractivity contribution in [2.75, 3.05) is 5.32 Å². The van der Waals surface area contributed by atoms with Gasteiger partial charge in [0, 0.05) is 12.6 Å². The summed E-state index contributed by atoms with van der Waals surface area (Å²) in [5, 5.41) is 5.15. The van der Waals surface area contributed by atoms with Crippen LogP contribution in [0.25, 0.3) is 0 Å². The molecule has 0 aliphatic rings. The number of hydrogen-bond acceptors (Lipinski definition) is 3. The highest BCUT2D eigenvalue weighted by Gasteiger charge is 2.18. The molecule has 0 spiro atoms. The maximum atomic E-state index is 11.9.